The Morgan fingerprint density at radius 3 is 2.74 bits per heavy atom. The van der Waals surface area contributed by atoms with Gasteiger partial charge in [-0.25, -0.2) is 4.98 Å². The number of benzene rings is 2. The lowest BCUT2D eigenvalue weighted by Crippen LogP contribution is -2.42. The van der Waals surface area contributed by atoms with Gasteiger partial charge in [0.25, 0.3) is 5.91 Å². The maximum atomic E-state index is 13.3. The molecule has 1 atom stereocenters. The van der Waals surface area contributed by atoms with Crippen LogP contribution < -0.4 is 5.32 Å². The summed E-state index contributed by atoms with van der Waals surface area (Å²) in [5, 5.41) is 3.92. The van der Waals surface area contributed by atoms with Crippen LogP contribution in [0.1, 0.15) is 34.5 Å². The fourth-order valence-electron chi connectivity index (χ4n) is 3.85. The number of nitrogens with one attached hydrogen (secondary N) is 1. The molecule has 1 fully saturated rings. The minimum absolute atomic E-state index is 0.0550. The number of anilines is 1. The summed E-state index contributed by atoms with van der Waals surface area (Å²) in [5.74, 6) is -0.502. The molecular weight excluding hydrogens is 390 g/mol. The molecule has 6 nitrogen and oxygen atoms in total. The molecule has 0 bridgehead atoms. The van der Waals surface area contributed by atoms with E-state index >= 15 is 0 Å². The van der Waals surface area contributed by atoms with Crippen molar-refractivity contribution in [2.45, 2.75) is 32.8 Å². The second kappa shape index (κ2) is 9.27. The molecule has 1 aromatic heterocycles. The second-order valence-electron chi connectivity index (χ2n) is 8.01. The fraction of sp³-hybridized carbons (Fsp3) is 0.320. The van der Waals surface area contributed by atoms with Crippen LogP contribution >= 0.6 is 0 Å². The smallest absolute Gasteiger partial charge is 0.273 e. The predicted octanol–water partition coefficient (Wildman–Crippen LogP) is 4.11. The summed E-state index contributed by atoms with van der Waals surface area (Å²) in [6, 6.07) is 17.1. The van der Waals surface area contributed by atoms with E-state index in [1.807, 2.05) is 62.4 Å². The number of hydrogen-bond acceptors (Lipinski definition) is 4. The van der Waals surface area contributed by atoms with Gasteiger partial charge >= 0.3 is 0 Å². The zero-order valence-corrected chi connectivity index (χ0v) is 17.9. The summed E-state index contributed by atoms with van der Waals surface area (Å²) >= 11 is 0. The van der Waals surface area contributed by atoms with Crippen molar-refractivity contribution in [2.75, 3.05) is 25.0 Å². The van der Waals surface area contributed by atoms with Crippen LogP contribution in [0, 0.1) is 13.8 Å². The molecular formula is C25H27N3O3. The Balaban J connectivity index is 1.54. The number of carbonyl (C=O) groups excluding carboxylic acids is 2. The zero-order valence-electron chi connectivity index (χ0n) is 17.9. The summed E-state index contributed by atoms with van der Waals surface area (Å²) in [6.45, 7) is 4.98. The third-order valence-electron chi connectivity index (χ3n) is 5.77. The fourth-order valence-corrected chi connectivity index (χ4v) is 3.85. The Hall–Kier alpha value is -3.25. The number of amides is 2. The number of ether oxygens (including phenoxy) is 1. The van der Waals surface area contributed by atoms with E-state index in [9.17, 15) is 9.59 Å². The van der Waals surface area contributed by atoms with Crippen molar-refractivity contribution in [3.8, 4) is 0 Å². The van der Waals surface area contributed by atoms with Crippen LogP contribution in [0.3, 0.4) is 0 Å². The molecule has 0 spiro atoms. The molecule has 0 saturated carbocycles. The summed E-state index contributed by atoms with van der Waals surface area (Å²) in [4.78, 5) is 32.2. The number of fused-ring (bicyclic) bond motifs is 1. The lowest BCUT2D eigenvalue weighted by atomic mass is 10.1. The van der Waals surface area contributed by atoms with Crippen molar-refractivity contribution >= 4 is 28.4 Å². The second-order valence-corrected chi connectivity index (χ2v) is 8.01. The maximum absolute atomic E-state index is 13.3. The first-order chi connectivity index (χ1) is 15.0. The molecule has 0 radical (unpaired) electrons. The molecule has 1 unspecified atom stereocenters. The lowest BCUT2D eigenvalue weighted by Gasteiger charge is -2.25. The van der Waals surface area contributed by atoms with E-state index in [1.54, 1.807) is 11.0 Å². The topological polar surface area (TPSA) is 71.5 Å². The molecule has 4 rings (SSSR count). The van der Waals surface area contributed by atoms with Gasteiger partial charge in [-0.1, -0.05) is 36.4 Å². The minimum Gasteiger partial charge on any atom is -0.376 e. The third kappa shape index (κ3) is 4.91. The number of rotatable bonds is 6. The van der Waals surface area contributed by atoms with E-state index in [1.165, 1.54) is 0 Å². The lowest BCUT2D eigenvalue weighted by molar-refractivity contribution is -0.117. The molecule has 2 amide bonds. The average molecular weight is 418 g/mol. The molecule has 1 N–H and O–H groups in total. The Bertz CT molecular complexity index is 1110. The van der Waals surface area contributed by atoms with Crippen LogP contribution in [0.4, 0.5) is 5.69 Å². The number of pyridine rings is 1. The normalized spacial score (nSPS) is 15.7. The van der Waals surface area contributed by atoms with Crippen LogP contribution in [0.25, 0.3) is 10.9 Å². The number of aromatic nitrogens is 1. The Labute approximate surface area is 182 Å². The van der Waals surface area contributed by atoms with Gasteiger partial charge in [-0.3, -0.25) is 9.59 Å². The summed E-state index contributed by atoms with van der Waals surface area (Å²) in [5.41, 5.74) is 3.97. The number of hydrogen-bond donors (Lipinski definition) is 1. The molecule has 31 heavy (non-hydrogen) atoms. The van der Waals surface area contributed by atoms with Gasteiger partial charge in [0.15, 0.2) is 0 Å². The molecule has 1 saturated heterocycles. The zero-order chi connectivity index (χ0) is 21.8. The van der Waals surface area contributed by atoms with Crippen LogP contribution in [-0.4, -0.2) is 47.5 Å². The first-order valence-corrected chi connectivity index (χ1v) is 10.6. The van der Waals surface area contributed by atoms with Gasteiger partial charge in [0.2, 0.25) is 5.91 Å². The van der Waals surface area contributed by atoms with E-state index in [2.05, 4.69) is 10.3 Å². The molecule has 3 aromatic rings. The maximum Gasteiger partial charge on any atom is 0.273 e. The molecule has 0 aliphatic carbocycles. The SMILES string of the molecule is Cc1cccc(NC(=O)CN(CC2CCCO2)C(=O)c2ccc3ccccc3n2)c1C. The van der Waals surface area contributed by atoms with E-state index in [0.717, 1.165) is 40.6 Å². The first kappa shape index (κ1) is 21.0. The van der Waals surface area contributed by atoms with E-state index in [4.69, 9.17) is 4.74 Å². The van der Waals surface area contributed by atoms with Crippen molar-refractivity contribution in [3.63, 3.8) is 0 Å². The quantitative estimate of drug-likeness (QED) is 0.655. The highest BCUT2D eigenvalue weighted by molar-refractivity contribution is 5.99. The van der Waals surface area contributed by atoms with Gasteiger partial charge in [0, 0.05) is 24.2 Å². The number of carbonyl (C=O) groups is 2. The third-order valence-corrected chi connectivity index (χ3v) is 5.77. The summed E-state index contributed by atoms with van der Waals surface area (Å²) < 4.78 is 5.73. The van der Waals surface area contributed by atoms with Gasteiger partial charge < -0.3 is 15.0 Å². The molecule has 160 valence electrons. The molecule has 6 heteroatoms. The van der Waals surface area contributed by atoms with E-state index in [0.29, 0.717) is 18.8 Å². The van der Waals surface area contributed by atoms with Crippen LogP contribution in [-0.2, 0) is 9.53 Å². The minimum atomic E-state index is -0.266. The molecule has 1 aliphatic heterocycles. The van der Waals surface area contributed by atoms with Gasteiger partial charge in [0.1, 0.15) is 12.2 Å². The molecule has 2 heterocycles. The van der Waals surface area contributed by atoms with Crippen molar-refractivity contribution in [3.05, 3.63) is 71.4 Å². The summed E-state index contributed by atoms with van der Waals surface area (Å²) in [7, 11) is 0. The van der Waals surface area contributed by atoms with Gasteiger partial charge in [0.05, 0.1) is 11.6 Å². The largest absolute Gasteiger partial charge is 0.376 e. The number of aryl methyl sites for hydroxylation is 1. The van der Waals surface area contributed by atoms with Gasteiger partial charge in [-0.2, -0.15) is 0 Å². The van der Waals surface area contributed by atoms with E-state index < -0.39 is 0 Å². The summed E-state index contributed by atoms with van der Waals surface area (Å²) in [6.07, 6.45) is 1.79. The Kier molecular flexibility index (Phi) is 6.28. The highest BCUT2D eigenvalue weighted by Gasteiger charge is 2.26. The monoisotopic (exact) mass is 417 g/mol. The van der Waals surface area contributed by atoms with Crippen molar-refractivity contribution in [1.82, 2.24) is 9.88 Å². The Morgan fingerprint density at radius 1 is 1.10 bits per heavy atom. The Morgan fingerprint density at radius 2 is 1.94 bits per heavy atom. The van der Waals surface area contributed by atoms with Crippen molar-refractivity contribution < 1.29 is 14.3 Å². The predicted molar refractivity (Wildman–Crippen MR) is 121 cm³/mol. The standard InChI is InChI=1S/C25H27N3O3/c1-17-7-5-11-21(18(17)2)27-24(29)16-28(15-20-9-6-14-31-20)25(30)23-13-12-19-8-3-4-10-22(19)26-23/h3-5,7-8,10-13,20H,6,9,14-16H2,1-2H3,(H,27,29). The van der Waals surface area contributed by atoms with Crippen molar-refractivity contribution in [2.24, 2.45) is 0 Å². The number of nitrogens with zero attached hydrogens (tertiary/aromatic N) is 2. The first-order valence-electron chi connectivity index (χ1n) is 10.6. The molecule has 2 aromatic carbocycles. The van der Waals surface area contributed by atoms with Crippen LogP contribution in [0.5, 0.6) is 0 Å². The number of para-hydroxylation sites is 1. The highest BCUT2D eigenvalue weighted by atomic mass is 16.5. The van der Waals surface area contributed by atoms with Crippen LogP contribution in [0.15, 0.2) is 54.6 Å². The highest BCUT2D eigenvalue weighted by Crippen LogP contribution is 2.19. The van der Waals surface area contributed by atoms with Crippen LogP contribution in [0.2, 0.25) is 0 Å². The molecule has 1 aliphatic rings. The van der Waals surface area contributed by atoms with Gasteiger partial charge in [-0.05, 0) is 56.0 Å². The van der Waals surface area contributed by atoms with Gasteiger partial charge in [-0.15, -0.1) is 0 Å². The van der Waals surface area contributed by atoms with E-state index in [-0.39, 0.29) is 24.5 Å². The average Bonchev–Trinajstić information content (AvgIpc) is 3.29. The van der Waals surface area contributed by atoms with Crippen molar-refractivity contribution in [1.29, 1.82) is 0 Å².